The third kappa shape index (κ3) is 1.70. The molecule has 0 aliphatic heterocycles. The lowest BCUT2D eigenvalue weighted by atomic mass is 10.1. The van der Waals surface area contributed by atoms with Gasteiger partial charge in [-0.3, -0.25) is 0 Å². The van der Waals surface area contributed by atoms with Gasteiger partial charge in [0.25, 0.3) is 0 Å². The zero-order chi connectivity index (χ0) is 8.43. The molecule has 0 fully saturated rings. The van der Waals surface area contributed by atoms with Crippen LogP contribution in [0.15, 0.2) is 6.07 Å². The summed E-state index contributed by atoms with van der Waals surface area (Å²) < 4.78 is 0. The molecule has 0 bridgehead atoms. The number of pyridine rings is 1. The lowest BCUT2D eigenvalue weighted by Gasteiger charge is -2.03. The number of aliphatic hydroxyl groups excluding tert-OH is 1. The highest BCUT2D eigenvalue weighted by Gasteiger charge is 2.02. The zero-order valence-electron chi connectivity index (χ0n) is 6.56. The van der Waals surface area contributed by atoms with Gasteiger partial charge in [0.2, 0.25) is 0 Å². The molecule has 0 unspecified atom stereocenters. The molecule has 0 aliphatic carbocycles. The molecule has 60 valence electrons. The van der Waals surface area contributed by atoms with Gasteiger partial charge in [0.15, 0.2) is 0 Å². The summed E-state index contributed by atoms with van der Waals surface area (Å²) in [7, 11) is 0. The van der Waals surface area contributed by atoms with Gasteiger partial charge in [0.1, 0.15) is 5.15 Å². The molecule has 1 N–H and O–H groups in total. The van der Waals surface area contributed by atoms with Gasteiger partial charge in [0.05, 0.1) is 12.3 Å². The van der Waals surface area contributed by atoms with E-state index in [4.69, 9.17) is 16.7 Å². The van der Waals surface area contributed by atoms with Crippen molar-refractivity contribution in [3.63, 3.8) is 0 Å². The Bertz CT molecular complexity index is 250. The minimum Gasteiger partial charge on any atom is -0.390 e. The van der Waals surface area contributed by atoms with Gasteiger partial charge in [-0.15, -0.1) is 0 Å². The van der Waals surface area contributed by atoms with Gasteiger partial charge in [-0.1, -0.05) is 11.6 Å². The maximum Gasteiger partial charge on any atom is 0.132 e. The van der Waals surface area contributed by atoms with Gasteiger partial charge < -0.3 is 5.11 Å². The van der Waals surface area contributed by atoms with Crippen LogP contribution in [0.3, 0.4) is 0 Å². The summed E-state index contributed by atoms with van der Waals surface area (Å²) in [5.41, 5.74) is 2.66. The van der Waals surface area contributed by atoms with Crippen LogP contribution in [0.1, 0.15) is 16.8 Å². The molecule has 0 aliphatic rings. The maximum atomic E-state index is 8.76. The van der Waals surface area contributed by atoms with Crippen LogP contribution >= 0.6 is 11.6 Å². The molecule has 1 aromatic heterocycles. The van der Waals surface area contributed by atoms with Crippen LogP contribution in [-0.4, -0.2) is 10.1 Å². The Balaban J connectivity index is 3.21. The van der Waals surface area contributed by atoms with Crippen LogP contribution in [0.25, 0.3) is 0 Å². The average molecular weight is 172 g/mol. The molecular formula is C8H10ClNO. The predicted molar refractivity (Wildman–Crippen MR) is 44.6 cm³/mol. The van der Waals surface area contributed by atoms with Crippen LogP contribution in [0, 0.1) is 13.8 Å². The summed E-state index contributed by atoms with van der Waals surface area (Å²) in [4.78, 5) is 3.97. The van der Waals surface area contributed by atoms with Crippen LogP contribution in [0.4, 0.5) is 0 Å². The molecule has 0 saturated heterocycles. The summed E-state index contributed by atoms with van der Waals surface area (Å²) in [6.45, 7) is 3.80. The minimum atomic E-state index is -0.0547. The topological polar surface area (TPSA) is 33.1 Å². The third-order valence-electron chi connectivity index (χ3n) is 1.69. The second-order valence-corrected chi connectivity index (χ2v) is 2.86. The van der Waals surface area contributed by atoms with Crippen molar-refractivity contribution in [1.82, 2.24) is 4.98 Å². The molecule has 0 saturated carbocycles. The highest BCUT2D eigenvalue weighted by atomic mass is 35.5. The fraction of sp³-hybridized carbons (Fsp3) is 0.375. The minimum absolute atomic E-state index is 0.0547. The number of halogens is 1. The summed E-state index contributed by atoms with van der Waals surface area (Å²) in [5.74, 6) is 0. The quantitative estimate of drug-likeness (QED) is 0.655. The van der Waals surface area contributed by atoms with E-state index in [-0.39, 0.29) is 6.61 Å². The first kappa shape index (κ1) is 8.50. The van der Waals surface area contributed by atoms with Gasteiger partial charge >= 0.3 is 0 Å². The first-order valence-electron chi connectivity index (χ1n) is 3.38. The van der Waals surface area contributed by atoms with Crippen LogP contribution in [0.2, 0.25) is 5.15 Å². The van der Waals surface area contributed by atoms with Gasteiger partial charge in [-0.2, -0.15) is 0 Å². The highest BCUT2D eigenvalue weighted by molar-refractivity contribution is 6.30. The summed E-state index contributed by atoms with van der Waals surface area (Å²) in [6, 6.07) is 1.83. The maximum absolute atomic E-state index is 8.76. The van der Waals surface area contributed by atoms with Gasteiger partial charge in [-0.05, 0) is 31.0 Å². The van der Waals surface area contributed by atoms with E-state index in [1.54, 1.807) is 0 Å². The van der Waals surface area contributed by atoms with E-state index in [2.05, 4.69) is 4.98 Å². The zero-order valence-corrected chi connectivity index (χ0v) is 7.31. The average Bonchev–Trinajstić information content (AvgIpc) is 1.99. The van der Waals surface area contributed by atoms with Crippen LogP contribution < -0.4 is 0 Å². The van der Waals surface area contributed by atoms with Crippen molar-refractivity contribution in [2.45, 2.75) is 20.5 Å². The third-order valence-corrected chi connectivity index (χ3v) is 2.06. The van der Waals surface area contributed by atoms with Crippen molar-refractivity contribution in [3.05, 3.63) is 28.0 Å². The highest BCUT2D eigenvalue weighted by Crippen LogP contribution is 2.16. The van der Waals surface area contributed by atoms with Crippen molar-refractivity contribution < 1.29 is 5.11 Å². The lowest BCUT2D eigenvalue weighted by Crippen LogP contribution is -1.94. The summed E-state index contributed by atoms with van der Waals surface area (Å²) >= 11 is 5.78. The molecule has 0 atom stereocenters. The van der Waals surface area contributed by atoms with E-state index >= 15 is 0 Å². The molecule has 0 radical (unpaired) electrons. The SMILES string of the molecule is Cc1cc(CO)nc(Cl)c1C. The van der Waals surface area contributed by atoms with E-state index in [9.17, 15) is 0 Å². The summed E-state index contributed by atoms with van der Waals surface area (Å²) in [6.07, 6.45) is 0. The van der Waals surface area contributed by atoms with E-state index in [0.29, 0.717) is 10.8 Å². The number of aryl methyl sites for hydroxylation is 1. The number of aliphatic hydroxyl groups is 1. The van der Waals surface area contributed by atoms with E-state index in [0.717, 1.165) is 11.1 Å². The molecular weight excluding hydrogens is 162 g/mol. The number of nitrogens with zero attached hydrogens (tertiary/aromatic N) is 1. The normalized spacial score (nSPS) is 10.2. The van der Waals surface area contributed by atoms with Gasteiger partial charge in [-0.25, -0.2) is 4.98 Å². The van der Waals surface area contributed by atoms with E-state index in [1.165, 1.54) is 0 Å². The molecule has 3 heteroatoms. The van der Waals surface area contributed by atoms with Crippen molar-refractivity contribution in [1.29, 1.82) is 0 Å². The second kappa shape index (κ2) is 3.20. The first-order chi connectivity index (χ1) is 5.15. The second-order valence-electron chi connectivity index (χ2n) is 2.50. The number of hydrogen-bond acceptors (Lipinski definition) is 2. The molecule has 0 spiro atoms. The Labute approximate surface area is 70.8 Å². The van der Waals surface area contributed by atoms with Crippen LogP contribution in [0.5, 0.6) is 0 Å². The Hall–Kier alpha value is -0.600. The van der Waals surface area contributed by atoms with Crippen molar-refractivity contribution in [2.24, 2.45) is 0 Å². The van der Waals surface area contributed by atoms with Crippen molar-refractivity contribution in [3.8, 4) is 0 Å². The number of hydrogen-bond donors (Lipinski definition) is 1. The Morgan fingerprint density at radius 3 is 2.64 bits per heavy atom. The first-order valence-corrected chi connectivity index (χ1v) is 3.76. The van der Waals surface area contributed by atoms with Crippen molar-refractivity contribution >= 4 is 11.6 Å². The molecule has 1 aromatic rings. The molecule has 2 nitrogen and oxygen atoms in total. The number of rotatable bonds is 1. The molecule has 0 amide bonds. The fourth-order valence-electron chi connectivity index (χ4n) is 0.844. The molecule has 1 heterocycles. The molecule has 0 aromatic carbocycles. The Kier molecular flexibility index (Phi) is 2.47. The Morgan fingerprint density at radius 1 is 1.55 bits per heavy atom. The molecule has 11 heavy (non-hydrogen) atoms. The lowest BCUT2D eigenvalue weighted by molar-refractivity contribution is 0.277. The fourth-order valence-corrected chi connectivity index (χ4v) is 1.10. The number of aromatic nitrogens is 1. The summed E-state index contributed by atoms with van der Waals surface area (Å²) in [5, 5.41) is 9.24. The predicted octanol–water partition coefficient (Wildman–Crippen LogP) is 1.84. The monoisotopic (exact) mass is 171 g/mol. The standard InChI is InChI=1S/C8H10ClNO/c1-5-3-7(4-11)10-8(9)6(5)2/h3,11H,4H2,1-2H3. The molecule has 1 rings (SSSR count). The van der Waals surface area contributed by atoms with Crippen molar-refractivity contribution in [2.75, 3.05) is 0 Å². The smallest absolute Gasteiger partial charge is 0.132 e. The van der Waals surface area contributed by atoms with E-state index < -0.39 is 0 Å². The van der Waals surface area contributed by atoms with Crippen LogP contribution in [-0.2, 0) is 6.61 Å². The van der Waals surface area contributed by atoms with Gasteiger partial charge in [0, 0.05) is 0 Å². The Morgan fingerprint density at radius 2 is 2.18 bits per heavy atom. The largest absolute Gasteiger partial charge is 0.390 e. The van der Waals surface area contributed by atoms with E-state index in [1.807, 2.05) is 19.9 Å².